The zero-order valence-corrected chi connectivity index (χ0v) is 21.2. The smallest absolute Gasteiger partial charge is 0.251 e. The van der Waals surface area contributed by atoms with E-state index in [1.807, 2.05) is 41.3 Å². The van der Waals surface area contributed by atoms with Crippen molar-refractivity contribution in [3.8, 4) is 17.0 Å². The lowest BCUT2D eigenvalue weighted by Crippen LogP contribution is -2.23. The van der Waals surface area contributed by atoms with Crippen LogP contribution in [0, 0.1) is 0 Å². The Kier molecular flexibility index (Phi) is 8.70. The number of hydrogen-bond acceptors (Lipinski definition) is 6. The highest BCUT2D eigenvalue weighted by Crippen LogP contribution is 2.29. The second-order valence-electron chi connectivity index (χ2n) is 8.30. The molecular weight excluding hydrogens is 462 g/mol. The first-order valence-electron chi connectivity index (χ1n) is 11.4. The quantitative estimate of drug-likeness (QED) is 0.493. The van der Waals surface area contributed by atoms with E-state index in [0.717, 1.165) is 41.3 Å². The van der Waals surface area contributed by atoms with Crippen LogP contribution < -0.4 is 20.3 Å². The Labute approximate surface area is 212 Å². The lowest BCUT2D eigenvalue weighted by molar-refractivity contribution is -0.117. The predicted molar refractivity (Wildman–Crippen MR) is 143 cm³/mol. The Morgan fingerprint density at radius 2 is 1.91 bits per heavy atom. The molecule has 1 aromatic heterocycles. The summed E-state index contributed by atoms with van der Waals surface area (Å²) in [7, 11) is 3.21. The Bertz CT molecular complexity index is 1190. The first kappa shape index (κ1) is 26.0. The molecule has 2 amide bonds. The van der Waals surface area contributed by atoms with Crippen molar-refractivity contribution in [3.05, 3.63) is 66.0 Å². The van der Waals surface area contributed by atoms with Gasteiger partial charge in [-0.05, 0) is 36.2 Å². The largest absolute Gasteiger partial charge is 0.496 e. The molecule has 35 heavy (non-hydrogen) atoms. The van der Waals surface area contributed by atoms with Gasteiger partial charge in [-0.25, -0.2) is 9.97 Å². The van der Waals surface area contributed by atoms with Gasteiger partial charge >= 0.3 is 0 Å². The Hall–Kier alpha value is -3.59. The van der Waals surface area contributed by atoms with Crippen molar-refractivity contribution >= 4 is 36.8 Å². The lowest BCUT2D eigenvalue weighted by Gasteiger charge is -2.18. The molecule has 1 aliphatic heterocycles. The summed E-state index contributed by atoms with van der Waals surface area (Å²) in [6.07, 6.45) is 3.06. The van der Waals surface area contributed by atoms with Crippen LogP contribution in [0.15, 0.2) is 54.9 Å². The van der Waals surface area contributed by atoms with Crippen molar-refractivity contribution in [1.82, 2.24) is 15.3 Å². The molecule has 1 aliphatic rings. The van der Waals surface area contributed by atoms with Crippen LogP contribution in [0.5, 0.6) is 5.75 Å². The first-order valence-corrected chi connectivity index (χ1v) is 11.4. The van der Waals surface area contributed by atoms with Crippen molar-refractivity contribution in [1.29, 1.82) is 0 Å². The molecule has 3 aromatic rings. The number of benzene rings is 2. The summed E-state index contributed by atoms with van der Waals surface area (Å²) in [4.78, 5) is 34.5. The SMILES string of the molecule is CNC(=O)c1ccc([C@H](C)CNc2cc(-c3ccc(N4CCCC4=O)cc3)ncn2)c(OC)c1.S. The van der Waals surface area contributed by atoms with Crippen molar-refractivity contribution in [3.63, 3.8) is 0 Å². The van der Waals surface area contributed by atoms with Crippen LogP contribution in [0.1, 0.15) is 41.6 Å². The van der Waals surface area contributed by atoms with E-state index < -0.39 is 0 Å². The maximum atomic E-state index is 12.0. The summed E-state index contributed by atoms with van der Waals surface area (Å²) in [5.41, 5.74) is 4.24. The molecule has 0 bridgehead atoms. The fraction of sp³-hybridized carbons (Fsp3) is 0.308. The van der Waals surface area contributed by atoms with Crippen LogP contribution in [0.25, 0.3) is 11.3 Å². The molecule has 4 rings (SSSR count). The number of anilines is 2. The van der Waals surface area contributed by atoms with Crippen LogP contribution in [0.2, 0.25) is 0 Å². The first-order chi connectivity index (χ1) is 16.5. The molecule has 2 aromatic carbocycles. The zero-order valence-electron chi connectivity index (χ0n) is 20.2. The number of carbonyl (C=O) groups excluding carboxylic acids is 2. The standard InChI is InChI=1S/C26H29N5O3.H2S/c1-17(21-11-8-19(26(33)27-2)13-23(21)34-3)15-28-24-14-22(29-16-30-24)18-6-9-20(10-7-18)31-12-4-5-25(31)32;/h6-11,13-14,16-17H,4-5,12,15H2,1-3H3,(H,27,33)(H,28,29,30);1H2/t17-;/m1./s1. The molecular formula is C26H31N5O3S. The average molecular weight is 494 g/mol. The minimum atomic E-state index is -0.149. The summed E-state index contributed by atoms with van der Waals surface area (Å²) in [5, 5.41) is 6.00. The van der Waals surface area contributed by atoms with E-state index in [-0.39, 0.29) is 31.2 Å². The van der Waals surface area contributed by atoms with Crippen molar-refractivity contribution in [2.24, 2.45) is 0 Å². The number of methoxy groups -OCH3 is 1. The molecule has 2 heterocycles. The van der Waals surface area contributed by atoms with Crippen LogP contribution in [0.3, 0.4) is 0 Å². The van der Waals surface area contributed by atoms with Gasteiger partial charge in [-0.3, -0.25) is 9.59 Å². The number of aromatic nitrogens is 2. The van der Waals surface area contributed by atoms with Gasteiger partial charge in [0.05, 0.1) is 12.8 Å². The minimum Gasteiger partial charge on any atom is -0.496 e. The van der Waals surface area contributed by atoms with E-state index in [2.05, 4.69) is 27.5 Å². The molecule has 1 saturated heterocycles. The van der Waals surface area contributed by atoms with E-state index in [1.165, 1.54) is 0 Å². The van der Waals surface area contributed by atoms with Gasteiger partial charge in [0.2, 0.25) is 5.91 Å². The zero-order chi connectivity index (χ0) is 24.1. The summed E-state index contributed by atoms with van der Waals surface area (Å²) in [5.74, 6) is 1.54. The Morgan fingerprint density at radius 1 is 1.14 bits per heavy atom. The summed E-state index contributed by atoms with van der Waals surface area (Å²) in [6.45, 7) is 3.49. The maximum Gasteiger partial charge on any atom is 0.251 e. The third kappa shape index (κ3) is 5.92. The summed E-state index contributed by atoms with van der Waals surface area (Å²) < 4.78 is 5.53. The minimum absolute atomic E-state index is 0. The molecule has 0 unspecified atom stereocenters. The van der Waals surface area contributed by atoms with E-state index >= 15 is 0 Å². The second-order valence-corrected chi connectivity index (χ2v) is 8.30. The van der Waals surface area contributed by atoms with Crippen molar-refractivity contribution < 1.29 is 14.3 Å². The van der Waals surface area contributed by atoms with Gasteiger partial charge in [0, 0.05) is 55.4 Å². The van der Waals surface area contributed by atoms with Crippen molar-refractivity contribution in [2.75, 3.05) is 37.5 Å². The van der Waals surface area contributed by atoms with Crippen LogP contribution in [-0.4, -0.2) is 49.0 Å². The van der Waals surface area contributed by atoms with E-state index in [9.17, 15) is 9.59 Å². The summed E-state index contributed by atoms with van der Waals surface area (Å²) in [6, 6.07) is 15.3. The summed E-state index contributed by atoms with van der Waals surface area (Å²) >= 11 is 0. The van der Waals surface area contributed by atoms with Gasteiger partial charge in [-0.15, -0.1) is 0 Å². The third-order valence-corrected chi connectivity index (χ3v) is 6.06. The van der Waals surface area contributed by atoms with Crippen molar-refractivity contribution in [2.45, 2.75) is 25.7 Å². The molecule has 9 heteroatoms. The van der Waals surface area contributed by atoms with Gasteiger partial charge in [0.15, 0.2) is 0 Å². The van der Waals surface area contributed by atoms with Gasteiger partial charge in [-0.1, -0.05) is 25.1 Å². The number of nitrogens with one attached hydrogen (secondary N) is 2. The molecule has 0 saturated carbocycles. The van der Waals surface area contributed by atoms with E-state index in [1.54, 1.807) is 32.6 Å². The van der Waals surface area contributed by atoms with Gasteiger partial charge in [0.1, 0.15) is 17.9 Å². The number of hydrogen-bond donors (Lipinski definition) is 2. The second kappa shape index (κ2) is 11.7. The van der Waals surface area contributed by atoms with Gasteiger partial charge < -0.3 is 20.3 Å². The number of carbonyl (C=O) groups is 2. The molecule has 0 aliphatic carbocycles. The highest BCUT2D eigenvalue weighted by Gasteiger charge is 2.21. The fourth-order valence-electron chi connectivity index (χ4n) is 4.12. The normalized spacial score (nSPS) is 13.7. The molecule has 1 atom stereocenters. The monoisotopic (exact) mass is 493 g/mol. The number of amides is 2. The topological polar surface area (TPSA) is 96.5 Å². The highest BCUT2D eigenvalue weighted by molar-refractivity contribution is 7.59. The number of nitrogens with zero attached hydrogens (tertiary/aromatic N) is 3. The average Bonchev–Trinajstić information content (AvgIpc) is 3.32. The molecule has 184 valence electrons. The lowest BCUT2D eigenvalue weighted by atomic mass is 9.98. The van der Waals surface area contributed by atoms with E-state index in [4.69, 9.17) is 4.74 Å². The molecule has 1 fully saturated rings. The number of ether oxygens (including phenoxy) is 1. The third-order valence-electron chi connectivity index (χ3n) is 6.06. The van der Waals surface area contributed by atoms with Crippen LogP contribution in [0.4, 0.5) is 11.5 Å². The van der Waals surface area contributed by atoms with E-state index in [0.29, 0.717) is 24.3 Å². The van der Waals surface area contributed by atoms with Crippen LogP contribution in [-0.2, 0) is 4.79 Å². The molecule has 0 radical (unpaired) electrons. The molecule has 2 N–H and O–H groups in total. The predicted octanol–water partition coefficient (Wildman–Crippen LogP) is 3.97. The maximum absolute atomic E-state index is 12.0. The fourth-order valence-corrected chi connectivity index (χ4v) is 4.12. The highest BCUT2D eigenvalue weighted by atomic mass is 32.1. The molecule has 8 nitrogen and oxygen atoms in total. The van der Waals surface area contributed by atoms with Gasteiger partial charge in [0.25, 0.3) is 5.91 Å². The van der Waals surface area contributed by atoms with Gasteiger partial charge in [-0.2, -0.15) is 13.5 Å². The Morgan fingerprint density at radius 3 is 2.57 bits per heavy atom. The van der Waals surface area contributed by atoms with Crippen LogP contribution >= 0.6 is 13.5 Å². The molecule has 0 spiro atoms. The Balaban J connectivity index is 0.00000342. The number of rotatable bonds is 8.